The Hall–Kier alpha value is -0.980. The minimum absolute atomic E-state index is 0.544. The fourth-order valence-electron chi connectivity index (χ4n) is 1.94. The number of nitrogens with zero attached hydrogens (tertiary/aromatic N) is 4. The summed E-state index contributed by atoms with van der Waals surface area (Å²) in [6.45, 7) is 0.690. The molecule has 3 aromatic rings. The largest absolute Gasteiger partial charge is 0.306 e. The zero-order chi connectivity index (χ0) is 13.2. The first-order chi connectivity index (χ1) is 9.28. The molecule has 0 radical (unpaired) electrons. The molecule has 3 aromatic heterocycles. The number of alkyl halides is 1. The first kappa shape index (κ1) is 13.0. The maximum atomic E-state index is 5.85. The molecule has 3 heterocycles. The summed E-state index contributed by atoms with van der Waals surface area (Å²) in [5, 5.41) is 3.01. The Morgan fingerprint density at radius 2 is 2.26 bits per heavy atom. The number of aromatic nitrogens is 4. The molecular weight excluding hydrogens is 348 g/mol. The summed E-state index contributed by atoms with van der Waals surface area (Å²) in [5.41, 5.74) is 1.75. The van der Waals surface area contributed by atoms with Crippen molar-refractivity contribution in [3.05, 3.63) is 39.1 Å². The third-order valence-corrected chi connectivity index (χ3v) is 4.11. The van der Waals surface area contributed by atoms with Gasteiger partial charge >= 0.3 is 0 Å². The second-order valence-corrected chi connectivity index (χ2v) is 6.25. The Morgan fingerprint density at radius 1 is 1.37 bits per heavy atom. The fourth-order valence-corrected chi connectivity index (χ4v) is 3.03. The number of halogens is 2. The van der Waals surface area contributed by atoms with E-state index in [1.165, 1.54) is 0 Å². The van der Waals surface area contributed by atoms with Gasteiger partial charge in [0.15, 0.2) is 5.65 Å². The Labute approximate surface area is 127 Å². The number of pyridine rings is 1. The topological polar surface area (TPSA) is 43.6 Å². The number of rotatable bonds is 4. The van der Waals surface area contributed by atoms with E-state index >= 15 is 0 Å². The van der Waals surface area contributed by atoms with Gasteiger partial charge in [-0.1, -0.05) is 0 Å². The molecule has 0 unspecified atom stereocenters. The Kier molecular flexibility index (Phi) is 3.81. The summed E-state index contributed by atoms with van der Waals surface area (Å²) in [6, 6.07) is 1.97. The number of imidazole rings is 1. The molecule has 0 atom stereocenters. The van der Waals surface area contributed by atoms with Crippen LogP contribution in [-0.2, 0) is 13.0 Å². The molecule has 98 valence electrons. The molecule has 0 N–H and O–H groups in total. The van der Waals surface area contributed by atoms with Crippen molar-refractivity contribution in [2.75, 3.05) is 5.88 Å². The minimum Gasteiger partial charge on any atom is -0.306 e. The molecule has 7 heteroatoms. The third kappa shape index (κ3) is 2.66. The van der Waals surface area contributed by atoms with E-state index in [1.807, 2.05) is 17.6 Å². The van der Waals surface area contributed by atoms with Crippen molar-refractivity contribution in [1.29, 1.82) is 0 Å². The highest BCUT2D eigenvalue weighted by Crippen LogP contribution is 2.20. The lowest BCUT2D eigenvalue weighted by molar-refractivity contribution is 0.743. The highest BCUT2D eigenvalue weighted by atomic mass is 79.9. The summed E-state index contributed by atoms with van der Waals surface area (Å²) in [7, 11) is 0. The van der Waals surface area contributed by atoms with E-state index in [9.17, 15) is 0 Å². The number of aryl methyl sites for hydroxylation is 1. The van der Waals surface area contributed by atoms with Gasteiger partial charge in [-0.2, -0.15) is 0 Å². The monoisotopic (exact) mass is 356 g/mol. The van der Waals surface area contributed by atoms with Crippen LogP contribution in [0, 0.1) is 0 Å². The number of hydrogen-bond acceptors (Lipinski definition) is 4. The number of thiazole rings is 1. The summed E-state index contributed by atoms with van der Waals surface area (Å²) >= 11 is 10.9. The van der Waals surface area contributed by atoms with E-state index in [1.54, 1.807) is 17.5 Å². The highest BCUT2D eigenvalue weighted by molar-refractivity contribution is 9.10. The van der Waals surface area contributed by atoms with Crippen molar-refractivity contribution in [1.82, 2.24) is 19.5 Å². The molecule has 0 saturated carbocycles. The Balaban J connectivity index is 2.10. The average Bonchev–Trinajstić information content (AvgIpc) is 2.99. The molecule has 4 nitrogen and oxygen atoms in total. The molecule has 0 aliphatic heterocycles. The molecule has 0 bridgehead atoms. The number of fused-ring (bicyclic) bond motifs is 1. The summed E-state index contributed by atoms with van der Waals surface area (Å²) in [6.07, 6.45) is 4.32. The van der Waals surface area contributed by atoms with E-state index in [4.69, 9.17) is 11.6 Å². The van der Waals surface area contributed by atoms with Gasteiger partial charge in [0.25, 0.3) is 0 Å². The van der Waals surface area contributed by atoms with Crippen LogP contribution < -0.4 is 0 Å². The van der Waals surface area contributed by atoms with Crippen molar-refractivity contribution in [3.63, 3.8) is 0 Å². The molecule has 0 aromatic carbocycles. The van der Waals surface area contributed by atoms with Crippen LogP contribution in [0.4, 0.5) is 0 Å². The Morgan fingerprint density at radius 3 is 3.00 bits per heavy atom. The first-order valence-electron chi connectivity index (χ1n) is 5.73. The van der Waals surface area contributed by atoms with Crippen LogP contribution in [0.15, 0.2) is 28.3 Å². The lowest BCUT2D eigenvalue weighted by atomic mass is 10.4. The van der Waals surface area contributed by atoms with E-state index in [0.717, 1.165) is 32.9 Å². The van der Waals surface area contributed by atoms with E-state index in [-0.39, 0.29) is 0 Å². The normalized spacial score (nSPS) is 11.3. The SMILES string of the molecule is ClCCc1nc2cc(Br)cnc2n1Cc1nccs1. The number of hydrogen-bond donors (Lipinski definition) is 0. The summed E-state index contributed by atoms with van der Waals surface area (Å²) in [4.78, 5) is 13.4. The van der Waals surface area contributed by atoms with Crippen LogP contribution >= 0.6 is 38.9 Å². The Bertz CT molecular complexity index is 695. The predicted octanol–water partition coefficient (Wildman–Crippen LogP) is 3.48. The fraction of sp³-hybridized carbons (Fsp3) is 0.250. The van der Waals surface area contributed by atoms with Gasteiger partial charge in [0.2, 0.25) is 0 Å². The van der Waals surface area contributed by atoms with Gasteiger partial charge in [0.1, 0.15) is 16.3 Å². The van der Waals surface area contributed by atoms with Gasteiger partial charge in [-0.25, -0.2) is 15.0 Å². The van der Waals surface area contributed by atoms with Crippen molar-refractivity contribution in [3.8, 4) is 0 Å². The lowest BCUT2D eigenvalue weighted by Crippen LogP contribution is -2.06. The van der Waals surface area contributed by atoms with E-state index in [0.29, 0.717) is 12.4 Å². The van der Waals surface area contributed by atoms with Crippen LogP contribution in [-0.4, -0.2) is 25.4 Å². The van der Waals surface area contributed by atoms with Crippen molar-refractivity contribution in [2.45, 2.75) is 13.0 Å². The van der Waals surface area contributed by atoms with Crippen LogP contribution in [0.3, 0.4) is 0 Å². The molecule has 3 rings (SSSR count). The maximum absolute atomic E-state index is 5.85. The van der Waals surface area contributed by atoms with Crippen LogP contribution in [0.2, 0.25) is 0 Å². The molecule has 0 spiro atoms. The van der Waals surface area contributed by atoms with Crippen molar-refractivity contribution < 1.29 is 0 Å². The summed E-state index contributed by atoms with van der Waals surface area (Å²) < 4.78 is 3.01. The quantitative estimate of drug-likeness (QED) is 0.671. The van der Waals surface area contributed by atoms with Gasteiger partial charge in [-0.15, -0.1) is 22.9 Å². The van der Waals surface area contributed by atoms with Crippen LogP contribution in [0.25, 0.3) is 11.2 Å². The smallest absolute Gasteiger partial charge is 0.160 e. The highest BCUT2D eigenvalue weighted by Gasteiger charge is 2.13. The van der Waals surface area contributed by atoms with Crippen molar-refractivity contribution in [2.24, 2.45) is 0 Å². The van der Waals surface area contributed by atoms with Crippen molar-refractivity contribution >= 4 is 50.0 Å². The molecule has 0 aliphatic carbocycles. The zero-order valence-electron chi connectivity index (χ0n) is 9.88. The molecule has 0 saturated heterocycles. The standard InChI is InChI=1S/C12H10BrClN4S/c13-8-5-9-12(16-6-8)18(10(17-9)1-2-14)7-11-15-3-4-19-11/h3-6H,1-2,7H2. The van der Waals surface area contributed by atoms with Gasteiger partial charge in [-0.05, 0) is 22.0 Å². The van der Waals surface area contributed by atoms with Gasteiger partial charge in [0.05, 0.1) is 6.54 Å². The summed E-state index contributed by atoms with van der Waals surface area (Å²) in [5.74, 6) is 1.49. The van der Waals surface area contributed by atoms with E-state index < -0.39 is 0 Å². The molecule has 0 fully saturated rings. The molecule has 0 amide bonds. The zero-order valence-corrected chi connectivity index (χ0v) is 13.0. The predicted molar refractivity (Wildman–Crippen MR) is 80.9 cm³/mol. The average molecular weight is 358 g/mol. The van der Waals surface area contributed by atoms with Crippen LogP contribution in [0.5, 0.6) is 0 Å². The minimum atomic E-state index is 0.544. The third-order valence-electron chi connectivity index (χ3n) is 2.73. The van der Waals surface area contributed by atoms with Gasteiger partial charge in [-0.3, -0.25) is 0 Å². The second-order valence-electron chi connectivity index (χ2n) is 3.98. The molecule has 19 heavy (non-hydrogen) atoms. The van der Waals surface area contributed by atoms with Crippen LogP contribution in [0.1, 0.15) is 10.8 Å². The maximum Gasteiger partial charge on any atom is 0.160 e. The van der Waals surface area contributed by atoms with E-state index in [2.05, 4.69) is 35.4 Å². The second kappa shape index (κ2) is 5.56. The lowest BCUT2D eigenvalue weighted by Gasteiger charge is -2.05. The van der Waals surface area contributed by atoms with Gasteiger partial charge < -0.3 is 4.57 Å². The molecular formula is C12H10BrClN4S. The molecule has 0 aliphatic rings. The van der Waals surface area contributed by atoms with Gasteiger partial charge in [0, 0.05) is 34.5 Å². The first-order valence-corrected chi connectivity index (χ1v) is 7.93.